The molecule has 0 spiro atoms. The first-order valence-corrected chi connectivity index (χ1v) is 7.54. The molecule has 1 N–H and O–H groups in total. The van der Waals surface area contributed by atoms with Gasteiger partial charge in [0.05, 0.1) is 6.61 Å². The molecule has 0 aromatic heterocycles. The monoisotopic (exact) mass is 300 g/mol. The summed E-state index contributed by atoms with van der Waals surface area (Å²) in [6, 6.07) is 15.0. The van der Waals surface area contributed by atoms with Gasteiger partial charge in [-0.25, -0.2) is 0 Å². The van der Waals surface area contributed by atoms with E-state index in [2.05, 4.69) is 0 Å². The molecule has 2 aromatic carbocycles. The zero-order chi connectivity index (χ0) is 15.4. The van der Waals surface area contributed by atoms with Crippen molar-refractivity contribution in [2.24, 2.45) is 0 Å². The van der Waals surface area contributed by atoms with Crippen LogP contribution in [-0.2, 0) is 9.47 Å². The van der Waals surface area contributed by atoms with Crippen molar-refractivity contribution in [2.45, 2.75) is 25.7 Å². The van der Waals surface area contributed by atoms with Crippen molar-refractivity contribution in [1.82, 2.24) is 0 Å². The van der Waals surface area contributed by atoms with Gasteiger partial charge in [0.25, 0.3) is 0 Å². The number of hydrogen-bond acceptors (Lipinski definition) is 4. The van der Waals surface area contributed by atoms with E-state index in [-0.39, 0.29) is 18.1 Å². The Kier molecular flexibility index (Phi) is 4.61. The summed E-state index contributed by atoms with van der Waals surface area (Å²) in [6.07, 6.45) is 0.742. The zero-order valence-electron chi connectivity index (χ0n) is 12.6. The summed E-state index contributed by atoms with van der Waals surface area (Å²) in [7, 11) is 0. The van der Waals surface area contributed by atoms with Crippen LogP contribution >= 0.6 is 0 Å². The fraction of sp³-hybridized carbons (Fsp3) is 0.333. The molecule has 1 heterocycles. The van der Waals surface area contributed by atoms with Crippen molar-refractivity contribution in [1.29, 1.82) is 0 Å². The summed E-state index contributed by atoms with van der Waals surface area (Å²) in [4.78, 5) is 0. The number of hydrogen-bond donors (Lipinski definition) is 1. The lowest BCUT2D eigenvalue weighted by molar-refractivity contribution is -0.0642. The summed E-state index contributed by atoms with van der Waals surface area (Å²) in [6.45, 7) is 3.10. The Bertz CT molecular complexity index is 609. The first kappa shape index (κ1) is 14.9. The van der Waals surface area contributed by atoms with Crippen molar-refractivity contribution in [3.8, 4) is 22.6 Å². The summed E-state index contributed by atoms with van der Waals surface area (Å²) < 4.78 is 17.0. The summed E-state index contributed by atoms with van der Waals surface area (Å²) in [5.41, 5.74) is 2.09. The minimum Gasteiger partial charge on any atom is -0.508 e. The van der Waals surface area contributed by atoms with Gasteiger partial charge in [0, 0.05) is 0 Å². The molecule has 4 nitrogen and oxygen atoms in total. The third kappa shape index (κ3) is 3.59. The molecule has 2 aromatic rings. The second-order valence-corrected chi connectivity index (χ2v) is 5.31. The third-order valence-corrected chi connectivity index (χ3v) is 3.62. The maximum absolute atomic E-state index is 9.35. The lowest BCUT2D eigenvalue weighted by atomic mass is 10.1. The fourth-order valence-corrected chi connectivity index (χ4v) is 2.42. The SMILES string of the molecule is CCC1OCC(COc2cccc(-c3ccc(O)cc3)c2)O1. The highest BCUT2D eigenvalue weighted by Gasteiger charge is 2.24. The van der Waals surface area contributed by atoms with E-state index in [4.69, 9.17) is 14.2 Å². The van der Waals surface area contributed by atoms with Gasteiger partial charge in [0.1, 0.15) is 24.2 Å². The van der Waals surface area contributed by atoms with Crippen LogP contribution < -0.4 is 4.74 Å². The normalized spacial score (nSPS) is 21.0. The van der Waals surface area contributed by atoms with Gasteiger partial charge in [-0.3, -0.25) is 0 Å². The average Bonchev–Trinajstić information content (AvgIpc) is 3.02. The van der Waals surface area contributed by atoms with Gasteiger partial charge in [-0.05, 0) is 41.8 Å². The van der Waals surface area contributed by atoms with E-state index in [1.165, 1.54) is 0 Å². The van der Waals surface area contributed by atoms with Gasteiger partial charge in [-0.1, -0.05) is 31.2 Å². The van der Waals surface area contributed by atoms with E-state index < -0.39 is 0 Å². The predicted molar refractivity (Wildman–Crippen MR) is 83.9 cm³/mol. The Balaban J connectivity index is 1.63. The molecule has 0 aliphatic carbocycles. The molecule has 1 aliphatic heterocycles. The lowest BCUT2D eigenvalue weighted by Crippen LogP contribution is -2.20. The highest BCUT2D eigenvalue weighted by molar-refractivity contribution is 5.65. The number of rotatable bonds is 5. The molecule has 0 amide bonds. The maximum atomic E-state index is 9.35. The Morgan fingerprint density at radius 1 is 1.14 bits per heavy atom. The predicted octanol–water partition coefficient (Wildman–Crippen LogP) is 3.59. The molecule has 116 valence electrons. The highest BCUT2D eigenvalue weighted by Crippen LogP contribution is 2.26. The van der Waals surface area contributed by atoms with Crippen LogP contribution in [0.1, 0.15) is 13.3 Å². The van der Waals surface area contributed by atoms with E-state index in [1.807, 2.05) is 43.3 Å². The van der Waals surface area contributed by atoms with Crippen LogP contribution in [0.2, 0.25) is 0 Å². The van der Waals surface area contributed by atoms with E-state index >= 15 is 0 Å². The van der Waals surface area contributed by atoms with Crippen LogP contribution in [0.25, 0.3) is 11.1 Å². The summed E-state index contributed by atoms with van der Waals surface area (Å²) in [5.74, 6) is 1.06. The second kappa shape index (κ2) is 6.81. The van der Waals surface area contributed by atoms with Crippen molar-refractivity contribution in [3.63, 3.8) is 0 Å². The minimum absolute atomic E-state index is 0.0118. The van der Waals surface area contributed by atoms with Gasteiger partial charge in [-0.2, -0.15) is 0 Å². The van der Waals surface area contributed by atoms with Crippen molar-refractivity contribution in [2.75, 3.05) is 13.2 Å². The van der Waals surface area contributed by atoms with Gasteiger partial charge in [0.15, 0.2) is 6.29 Å². The zero-order valence-corrected chi connectivity index (χ0v) is 12.6. The topological polar surface area (TPSA) is 47.9 Å². The van der Waals surface area contributed by atoms with Gasteiger partial charge in [-0.15, -0.1) is 0 Å². The molecule has 1 aliphatic rings. The first-order valence-electron chi connectivity index (χ1n) is 7.54. The van der Waals surface area contributed by atoms with Crippen LogP contribution in [0.5, 0.6) is 11.5 Å². The number of aromatic hydroxyl groups is 1. The first-order chi connectivity index (χ1) is 10.7. The van der Waals surface area contributed by atoms with Gasteiger partial charge in [0.2, 0.25) is 0 Å². The molecule has 2 unspecified atom stereocenters. The molecule has 3 rings (SSSR count). The molecule has 4 heteroatoms. The molecule has 0 bridgehead atoms. The van der Waals surface area contributed by atoms with E-state index in [0.717, 1.165) is 23.3 Å². The van der Waals surface area contributed by atoms with E-state index in [1.54, 1.807) is 12.1 Å². The standard InChI is InChI=1S/C18H20O4/c1-2-18-21-12-17(22-18)11-20-16-5-3-4-14(10-16)13-6-8-15(19)9-7-13/h3-10,17-19H,2,11-12H2,1H3. The minimum atomic E-state index is -0.100. The third-order valence-electron chi connectivity index (χ3n) is 3.62. The summed E-state index contributed by atoms with van der Waals surface area (Å²) in [5, 5.41) is 9.35. The lowest BCUT2D eigenvalue weighted by Gasteiger charge is -2.12. The molecular weight excluding hydrogens is 280 g/mol. The summed E-state index contributed by atoms with van der Waals surface area (Å²) >= 11 is 0. The number of phenolic OH excluding ortho intramolecular Hbond substituents is 1. The number of benzene rings is 2. The van der Waals surface area contributed by atoms with E-state index in [9.17, 15) is 5.11 Å². The van der Waals surface area contributed by atoms with Crippen LogP contribution in [-0.4, -0.2) is 30.7 Å². The molecule has 0 saturated carbocycles. The Morgan fingerprint density at radius 2 is 1.95 bits per heavy atom. The van der Waals surface area contributed by atoms with Crippen LogP contribution in [0.3, 0.4) is 0 Å². The smallest absolute Gasteiger partial charge is 0.158 e. The van der Waals surface area contributed by atoms with Crippen molar-refractivity contribution in [3.05, 3.63) is 48.5 Å². The van der Waals surface area contributed by atoms with Crippen LogP contribution in [0.4, 0.5) is 0 Å². The average molecular weight is 300 g/mol. The largest absolute Gasteiger partial charge is 0.508 e. The van der Waals surface area contributed by atoms with Crippen molar-refractivity contribution < 1.29 is 19.3 Å². The van der Waals surface area contributed by atoms with Crippen molar-refractivity contribution >= 4 is 0 Å². The quantitative estimate of drug-likeness (QED) is 0.916. The van der Waals surface area contributed by atoms with Gasteiger partial charge >= 0.3 is 0 Å². The van der Waals surface area contributed by atoms with E-state index in [0.29, 0.717) is 13.2 Å². The highest BCUT2D eigenvalue weighted by atomic mass is 16.7. The Hall–Kier alpha value is -2.04. The van der Waals surface area contributed by atoms with Crippen LogP contribution in [0.15, 0.2) is 48.5 Å². The molecule has 1 saturated heterocycles. The molecular formula is C18H20O4. The molecule has 0 radical (unpaired) electrons. The maximum Gasteiger partial charge on any atom is 0.158 e. The molecule has 1 fully saturated rings. The Labute approximate surface area is 130 Å². The molecule has 22 heavy (non-hydrogen) atoms. The number of phenols is 1. The second-order valence-electron chi connectivity index (χ2n) is 5.31. The number of ether oxygens (including phenoxy) is 3. The fourth-order valence-electron chi connectivity index (χ4n) is 2.42. The molecule has 2 atom stereocenters. The van der Waals surface area contributed by atoms with Gasteiger partial charge < -0.3 is 19.3 Å². The Morgan fingerprint density at radius 3 is 2.68 bits per heavy atom. The van der Waals surface area contributed by atoms with Crippen LogP contribution in [0, 0.1) is 0 Å².